The zero-order valence-electron chi connectivity index (χ0n) is 12.6. The average Bonchev–Trinajstić information content (AvgIpc) is 2.98. The second kappa shape index (κ2) is 5.40. The van der Waals surface area contributed by atoms with Crippen molar-refractivity contribution < 1.29 is 0 Å². The molecular weight excluding hydrogens is 272 g/mol. The molecule has 1 atom stereocenters. The molecule has 0 radical (unpaired) electrons. The summed E-state index contributed by atoms with van der Waals surface area (Å²) >= 11 is 6.39. The number of fused-ring (bicyclic) bond motifs is 1. The molecule has 1 fully saturated rings. The first kappa shape index (κ1) is 13.9. The topological polar surface area (TPSA) is 35.6 Å². The SMILES string of the molecule is CCn1nc(C)c2nc(C(C)Cl)n(C3CCCCC3)c21. The molecule has 110 valence electrons. The van der Waals surface area contributed by atoms with E-state index in [9.17, 15) is 0 Å². The molecule has 3 rings (SSSR count). The van der Waals surface area contributed by atoms with Crippen LogP contribution < -0.4 is 0 Å². The summed E-state index contributed by atoms with van der Waals surface area (Å²) in [6, 6.07) is 0.534. The Hall–Kier alpha value is -1.03. The number of nitrogens with zero attached hydrogens (tertiary/aromatic N) is 4. The minimum atomic E-state index is -0.0611. The molecule has 0 spiro atoms. The van der Waals surface area contributed by atoms with E-state index in [1.807, 2.05) is 13.8 Å². The fourth-order valence-electron chi connectivity index (χ4n) is 3.41. The van der Waals surface area contributed by atoms with Crippen molar-refractivity contribution in [2.24, 2.45) is 0 Å². The number of halogens is 1. The number of aryl methyl sites for hydroxylation is 2. The van der Waals surface area contributed by atoms with Gasteiger partial charge in [-0.3, -0.25) is 0 Å². The van der Waals surface area contributed by atoms with E-state index in [0.29, 0.717) is 6.04 Å². The Morgan fingerprint density at radius 2 is 2.00 bits per heavy atom. The summed E-state index contributed by atoms with van der Waals surface area (Å²) in [7, 11) is 0. The monoisotopic (exact) mass is 294 g/mol. The van der Waals surface area contributed by atoms with Gasteiger partial charge in [0.1, 0.15) is 11.3 Å². The van der Waals surface area contributed by atoms with Crippen LogP contribution in [0.2, 0.25) is 0 Å². The molecule has 1 saturated carbocycles. The van der Waals surface area contributed by atoms with Crippen LogP contribution >= 0.6 is 11.6 Å². The maximum absolute atomic E-state index is 6.39. The molecule has 1 unspecified atom stereocenters. The summed E-state index contributed by atoms with van der Waals surface area (Å²) in [5.41, 5.74) is 3.20. The predicted molar refractivity (Wildman–Crippen MR) is 82.3 cm³/mol. The maximum Gasteiger partial charge on any atom is 0.159 e. The van der Waals surface area contributed by atoms with Crippen LogP contribution in [0.15, 0.2) is 0 Å². The fraction of sp³-hybridized carbons (Fsp3) is 0.733. The molecule has 2 aromatic heterocycles. The van der Waals surface area contributed by atoms with Crippen LogP contribution in [0.25, 0.3) is 11.2 Å². The van der Waals surface area contributed by atoms with E-state index >= 15 is 0 Å². The number of imidazole rings is 1. The summed E-state index contributed by atoms with van der Waals surface area (Å²) < 4.78 is 4.46. The van der Waals surface area contributed by atoms with Gasteiger partial charge >= 0.3 is 0 Å². The minimum Gasteiger partial charge on any atom is -0.309 e. The van der Waals surface area contributed by atoms with E-state index in [4.69, 9.17) is 16.6 Å². The van der Waals surface area contributed by atoms with Gasteiger partial charge in [-0.1, -0.05) is 19.3 Å². The Kier molecular flexibility index (Phi) is 3.76. The first-order chi connectivity index (χ1) is 9.63. The van der Waals surface area contributed by atoms with Gasteiger partial charge in [0.25, 0.3) is 0 Å². The van der Waals surface area contributed by atoms with Gasteiger partial charge in [0.15, 0.2) is 5.65 Å². The highest BCUT2D eigenvalue weighted by Gasteiger charge is 2.26. The molecule has 1 aliphatic rings. The molecule has 0 aliphatic heterocycles. The predicted octanol–water partition coefficient (Wildman–Crippen LogP) is 4.37. The van der Waals surface area contributed by atoms with Gasteiger partial charge in [0.05, 0.1) is 11.1 Å². The fourth-order valence-corrected chi connectivity index (χ4v) is 3.56. The molecule has 1 aliphatic carbocycles. The first-order valence-corrected chi connectivity index (χ1v) is 8.16. The van der Waals surface area contributed by atoms with E-state index in [1.54, 1.807) is 0 Å². The van der Waals surface area contributed by atoms with Gasteiger partial charge < -0.3 is 4.57 Å². The third-order valence-electron chi connectivity index (χ3n) is 4.37. The van der Waals surface area contributed by atoms with E-state index in [2.05, 4.69) is 21.3 Å². The van der Waals surface area contributed by atoms with E-state index < -0.39 is 0 Å². The van der Waals surface area contributed by atoms with Crippen molar-refractivity contribution in [3.63, 3.8) is 0 Å². The van der Waals surface area contributed by atoms with Gasteiger partial charge in [0.2, 0.25) is 0 Å². The molecule has 0 amide bonds. The van der Waals surface area contributed by atoms with Crippen LogP contribution in [-0.4, -0.2) is 19.3 Å². The normalized spacial score (nSPS) is 18.8. The van der Waals surface area contributed by atoms with E-state index in [0.717, 1.165) is 23.6 Å². The van der Waals surface area contributed by atoms with Crippen LogP contribution in [0.1, 0.15) is 68.9 Å². The Bertz CT molecular complexity index is 605. The molecule has 2 aromatic rings. The molecule has 0 N–H and O–H groups in total. The summed E-state index contributed by atoms with van der Waals surface area (Å²) in [6.07, 6.45) is 6.43. The van der Waals surface area contributed by atoms with Gasteiger partial charge in [-0.2, -0.15) is 5.10 Å². The van der Waals surface area contributed by atoms with Crippen LogP contribution in [-0.2, 0) is 6.54 Å². The Labute approximate surface area is 125 Å². The van der Waals surface area contributed by atoms with Crippen molar-refractivity contribution in [2.45, 2.75) is 70.8 Å². The van der Waals surface area contributed by atoms with Gasteiger partial charge in [-0.05, 0) is 33.6 Å². The highest BCUT2D eigenvalue weighted by molar-refractivity contribution is 6.20. The Balaban J connectivity index is 2.21. The highest BCUT2D eigenvalue weighted by atomic mass is 35.5. The number of alkyl halides is 1. The van der Waals surface area contributed by atoms with Crippen molar-refractivity contribution >= 4 is 22.8 Å². The lowest BCUT2D eigenvalue weighted by molar-refractivity contribution is 0.348. The molecule has 5 heteroatoms. The quantitative estimate of drug-likeness (QED) is 0.788. The van der Waals surface area contributed by atoms with Crippen LogP contribution in [0.3, 0.4) is 0 Å². The van der Waals surface area contributed by atoms with Crippen molar-refractivity contribution in [3.8, 4) is 0 Å². The van der Waals surface area contributed by atoms with Crippen molar-refractivity contribution in [1.29, 1.82) is 0 Å². The molecular formula is C15H23ClN4. The smallest absolute Gasteiger partial charge is 0.159 e. The number of hydrogen-bond acceptors (Lipinski definition) is 2. The molecule has 0 bridgehead atoms. The zero-order valence-corrected chi connectivity index (χ0v) is 13.3. The molecule has 4 nitrogen and oxygen atoms in total. The number of hydrogen-bond donors (Lipinski definition) is 0. The van der Waals surface area contributed by atoms with E-state index in [-0.39, 0.29) is 5.38 Å². The van der Waals surface area contributed by atoms with Gasteiger partial charge in [0, 0.05) is 12.6 Å². The summed E-state index contributed by atoms with van der Waals surface area (Å²) in [5, 5.41) is 4.55. The highest BCUT2D eigenvalue weighted by Crippen LogP contribution is 2.36. The first-order valence-electron chi connectivity index (χ1n) is 7.72. The average molecular weight is 295 g/mol. The largest absolute Gasteiger partial charge is 0.309 e. The minimum absolute atomic E-state index is 0.0611. The molecule has 0 aromatic carbocycles. The molecule has 20 heavy (non-hydrogen) atoms. The van der Waals surface area contributed by atoms with Crippen LogP contribution in [0.5, 0.6) is 0 Å². The lowest BCUT2D eigenvalue weighted by Crippen LogP contribution is -2.18. The van der Waals surface area contributed by atoms with Crippen molar-refractivity contribution in [3.05, 3.63) is 11.5 Å². The Morgan fingerprint density at radius 1 is 1.30 bits per heavy atom. The lowest BCUT2D eigenvalue weighted by Gasteiger charge is -2.26. The third-order valence-corrected chi connectivity index (χ3v) is 4.56. The standard InChI is InChI=1S/C15H23ClN4/c1-4-19-15-13(11(3)18-19)17-14(10(2)16)20(15)12-8-6-5-7-9-12/h10,12H,4-9H2,1-3H3. The van der Waals surface area contributed by atoms with E-state index in [1.165, 1.54) is 37.8 Å². The van der Waals surface area contributed by atoms with Gasteiger partial charge in [-0.15, -0.1) is 11.6 Å². The third kappa shape index (κ3) is 2.14. The van der Waals surface area contributed by atoms with Crippen molar-refractivity contribution in [1.82, 2.24) is 19.3 Å². The van der Waals surface area contributed by atoms with Crippen LogP contribution in [0.4, 0.5) is 0 Å². The van der Waals surface area contributed by atoms with Crippen LogP contribution in [0, 0.1) is 6.92 Å². The number of rotatable bonds is 3. The summed E-state index contributed by atoms with van der Waals surface area (Å²) in [6.45, 7) is 7.06. The summed E-state index contributed by atoms with van der Waals surface area (Å²) in [4.78, 5) is 4.80. The van der Waals surface area contributed by atoms with Gasteiger partial charge in [-0.25, -0.2) is 9.67 Å². The summed E-state index contributed by atoms with van der Waals surface area (Å²) in [5.74, 6) is 1.01. The zero-order chi connectivity index (χ0) is 14.3. The van der Waals surface area contributed by atoms with Crippen molar-refractivity contribution in [2.75, 3.05) is 0 Å². The molecule has 2 heterocycles. The second-order valence-corrected chi connectivity index (χ2v) is 6.48. The maximum atomic E-state index is 6.39. The number of aromatic nitrogens is 4. The Morgan fingerprint density at radius 3 is 2.60 bits per heavy atom. The molecule has 0 saturated heterocycles. The second-order valence-electron chi connectivity index (χ2n) is 5.82. The lowest BCUT2D eigenvalue weighted by atomic mass is 9.95.